The van der Waals surface area contributed by atoms with Gasteiger partial charge in [0.1, 0.15) is 50.9 Å². The first-order valence-electron chi connectivity index (χ1n) is 49.7. The SMILES string of the molecule is Cc1cc2oc3nc(F)cc(F)c3c2cc1-c1n(-c2ccccc2)c2ccccc2[n+]1C.Cc1cc2oc3nc(F)ccc3c2cc1-c1n(-c2c(-c3ccccc3)cccc2-c2ccccc2)c2ccccc2[n+]1C.Cc1cc2oc3nc(F)ccc3c2cc1-c1n(-c2c(C(C)C)cccc2C(C)C)c2ccccc2[n+]1C.Cc1cc2oc3nc(F)ccc3c2cc1-c1n(-c2ccccc2-c2ccccc2)c2ccccc2[n+]1C. The highest BCUT2D eigenvalue weighted by molar-refractivity contribution is 6.10. The lowest BCUT2D eigenvalue weighted by atomic mass is 9.92. The Morgan fingerprint density at radius 3 is 0.960 bits per heavy atom. The van der Waals surface area contributed by atoms with E-state index < -0.39 is 29.6 Å². The Morgan fingerprint density at radius 2 is 0.550 bits per heavy atom. The van der Waals surface area contributed by atoms with Crippen LogP contribution in [0.5, 0.6) is 0 Å². The van der Waals surface area contributed by atoms with Crippen molar-refractivity contribution in [3.05, 3.63) is 433 Å². The zero-order valence-electron chi connectivity index (χ0n) is 83.8. The average Bonchev–Trinajstić information content (AvgIpc) is 1.57. The molecule has 0 saturated heterocycles. The highest BCUT2D eigenvalue weighted by atomic mass is 19.1. The average molecular weight is 1960 g/mol. The zero-order chi connectivity index (χ0) is 102. The monoisotopic (exact) mass is 1960 g/mol. The minimum absolute atomic E-state index is 0.0398. The van der Waals surface area contributed by atoms with Crippen LogP contribution in [0.1, 0.15) is 72.9 Å². The van der Waals surface area contributed by atoms with Gasteiger partial charge in [0, 0.05) is 71.6 Å². The molecule has 0 radical (unpaired) electrons. The summed E-state index contributed by atoms with van der Waals surface area (Å²) in [5, 5.41) is 5.90. The second-order valence-corrected chi connectivity index (χ2v) is 38.7. The first kappa shape index (κ1) is 93.0. The summed E-state index contributed by atoms with van der Waals surface area (Å²) in [6.07, 6.45) is 0. The van der Waals surface area contributed by atoms with Gasteiger partial charge in [0.25, 0.3) is 23.3 Å². The fraction of sp³-hybridized carbons (Fsp3) is 0.109. The van der Waals surface area contributed by atoms with Crippen LogP contribution in [0.15, 0.2) is 388 Å². The smallest absolute Gasteiger partial charge is 0.295 e. The predicted molar refractivity (Wildman–Crippen MR) is 583 cm³/mol. The van der Waals surface area contributed by atoms with Gasteiger partial charge in [-0.05, 0) is 230 Å². The van der Waals surface area contributed by atoms with Crippen molar-refractivity contribution in [2.24, 2.45) is 28.2 Å². The Hall–Kier alpha value is -18.4. The first-order valence-corrected chi connectivity index (χ1v) is 49.7. The van der Waals surface area contributed by atoms with Crippen LogP contribution < -0.4 is 18.3 Å². The topological polar surface area (TPSA) is 139 Å². The molecule has 15 aromatic carbocycles. The highest BCUT2D eigenvalue weighted by Gasteiger charge is 2.38. The van der Waals surface area contributed by atoms with Crippen LogP contribution in [0.3, 0.4) is 0 Å². The number of imidazole rings is 4. The number of furan rings is 4. The molecule has 27 rings (SSSR count). The molecule has 12 aromatic heterocycles. The van der Waals surface area contributed by atoms with E-state index in [0.717, 1.165) is 201 Å². The van der Waals surface area contributed by atoms with Crippen molar-refractivity contribution in [2.45, 2.75) is 67.2 Å². The third-order valence-electron chi connectivity index (χ3n) is 28.9. The molecule has 0 aliphatic rings. The van der Waals surface area contributed by atoms with Gasteiger partial charge in [-0.15, -0.1) is 0 Å². The Labute approximate surface area is 853 Å². The molecular formula is C128H99F5N12O4+4. The van der Waals surface area contributed by atoms with E-state index >= 15 is 0 Å². The molecule has 726 valence electrons. The second kappa shape index (κ2) is 37.4. The summed E-state index contributed by atoms with van der Waals surface area (Å²) in [7, 11) is 8.38. The summed E-state index contributed by atoms with van der Waals surface area (Å²) in [6.45, 7) is 17.3. The van der Waals surface area contributed by atoms with Gasteiger partial charge in [-0.25, -0.2) is 22.7 Å². The van der Waals surface area contributed by atoms with E-state index in [0.29, 0.717) is 56.7 Å². The number of halogens is 5. The lowest BCUT2D eigenvalue weighted by Gasteiger charge is -2.18. The zero-order valence-corrected chi connectivity index (χ0v) is 83.8. The van der Waals surface area contributed by atoms with Gasteiger partial charge in [-0.1, -0.05) is 240 Å². The maximum atomic E-state index is 14.7. The number of hydrogen-bond donors (Lipinski definition) is 0. The molecule has 12 heterocycles. The molecule has 0 spiro atoms. The number of aromatic nitrogens is 12. The molecule has 0 fully saturated rings. The van der Waals surface area contributed by atoms with Gasteiger partial charge >= 0.3 is 0 Å². The van der Waals surface area contributed by atoms with Crippen molar-refractivity contribution < 1.29 is 57.9 Å². The minimum atomic E-state index is -0.901. The summed E-state index contributed by atoms with van der Waals surface area (Å²) >= 11 is 0. The molecule has 0 saturated carbocycles. The normalized spacial score (nSPS) is 11.8. The van der Waals surface area contributed by atoms with Gasteiger partial charge in [0.05, 0.1) is 55.8 Å². The molecule has 0 bridgehead atoms. The van der Waals surface area contributed by atoms with Gasteiger partial charge in [-0.2, -0.15) is 55.8 Å². The fourth-order valence-corrected chi connectivity index (χ4v) is 21.9. The van der Waals surface area contributed by atoms with Crippen molar-refractivity contribution in [1.82, 2.24) is 38.2 Å². The van der Waals surface area contributed by atoms with Crippen molar-refractivity contribution in [3.63, 3.8) is 0 Å². The van der Waals surface area contributed by atoms with Crippen LogP contribution in [0.2, 0.25) is 0 Å². The second-order valence-electron chi connectivity index (χ2n) is 38.7. The van der Waals surface area contributed by atoms with E-state index in [2.05, 4.69) is 387 Å². The number of hydrogen-bond acceptors (Lipinski definition) is 8. The Balaban J connectivity index is 0.000000106. The summed E-state index contributed by atoms with van der Waals surface area (Å²) in [6, 6.07) is 124. The standard InChI is InChI=1S/C38H27FN3O.C32H23FN3O.C32H31FN3O.C26H18F2N3O/c1-24-22-34-31(29-20-21-35(39)40-37(29)43-34)23-30(24)38-41(2)32-18-9-10-19-33(32)42(38)36-27(25-12-5-3-6-13-25)16-11-17-28(36)26-14-7-4-8-15-26;1-20-18-29-25(23-16-17-30(33)34-31(23)37-29)19-24(20)32-35(2)27-14-8-9-15-28(27)36(32)26-13-7-6-12-22(26)21-10-4-3-5-11-21;1-18(2)21-10-9-11-22(19(3)4)30(21)36-27-13-8-7-12-26(27)35(6)32(36)24-17-25-23-14-15-29(33)34-31(23)37-28(25)16-20(24)5;1-15-12-22-18(24-19(27)14-23(28)29-25(24)32-22)13-17(15)26-30(2)20-10-6-7-11-21(20)31(26)16-8-4-3-5-9-16/h3-23H,1-2H3;3-19H,1-2H3;7-19H,1-6H3;3-14H,1-2H3/q4*+1. The number of rotatable bonds is 13. The van der Waals surface area contributed by atoms with E-state index in [9.17, 15) is 22.0 Å². The number of benzene rings is 15. The molecule has 21 heteroatoms. The number of aryl methyl sites for hydroxylation is 8. The number of nitrogens with zero attached hydrogens (tertiary/aromatic N) is 12. The Bertz CT molecular complexity index is 9970. The van der Waals surface area contributed by atoms with E-state index in [1.807, 2.05) is 80.7 Å². The van der Waals surface area contributed by atoms with E-state index in [-0.39, 0.29) is 11.1 Å². The summed E-state index contributed by atoms with van der Waals surface area (Å²) < 4.78 is 112. The minimum Gasteiger partial charge on any atom is -0.438 e. The molecule has 27 aromatic rings. The van der Waals surface area contributed by atoms with Gasteiger partial charge in [0.2, 0.25) is 46.6 Å². The third-order valence-corrected chi connectivity index (χ3v) is 28.9. The Morgan fingerprint density at radius 1 is 0.248 bits per heavy atom. The van der Waals surface area contributed by atoms with Gasteiger partial charge < -0.3 is 17.7 Å². The quantitative estimate of drug-likeness (QED) is 0.0632. The van der Waals surface area contributed by atoms with Crippen LogP contribution in [-0.2, 0) is 28.2 Å². The Kier molecular flexibility index (Phi) is 23.3. The fourth-order valence-electron chi connectivity index (χ4n) is 21.9. The van der Waals surface area contributed by atoms with Crippen LogP contribution in [0.25, 0.3) is 234 Å². The van der Waals surface area contributed by atoms with Crippen LogP contribution in [0, 0.1) is 57.3 Å². The van der Waals surface area contributed by atoms with E-state index in [4.69, 9.17) is 17.7 Å². The molecule has 149 heavy (non-hydrogen) atoms. The van der Waals surface area contributed by atoms with Crippen LogP contribution >= 0.6 is 0 Å². The van der Waals surface area contributed by atoms with Gasteiger partial charge in [0.15, 0.2) is 44.1 Å². The molecule has 0 amide bonds. The molecule has 0 atom stereocenters. The largest absolute Gasteiger partial charge is 0.438 e. The number of fused-ring (bicyclic) bond motifs is 16. The maximum absolute atomic E-state index is 14.7. The molecule has 0 aliphatic carbocycles. The lowest BCUT2D eigenvalue weighted by molar-refractivity contribution is -0.634. The van der Waals surface area contributed by atoms with Crippen LogP contribution in [-0.4, -0.2) is 38.2 Å². The van der Waals surface area contributed by atoms with E-state index in [1.165, 1.54) is 35.0 Å². The molecule has 0 aliphatic heterocycles. The van der Waals surface area contributed by atoms with Crippen molar-refractivity contribution in [3.8, 4) is 102 Å². The summed E-state index contributed by atoms with van der Waals surface area (Å²) in [5.74, 6) is 1.61. The van der Waals surface area contributed by atoms with Crippen molar-refractivity contribution in [2.75, 3.05) is 0 Å². The molecular weight excluding hydrogens is 1860 g/mol. The lowest BCUT2D eigenvalue weighted by Crippen LogP contribution is -2.30. The first-order chi connectivity index (χ1) is 72.5. The summed E-state index contributed by atoms with van der Waals surface area (Å²) in [4.78, 5) is 15.7. The molecule has 16 nitrogen and oxygen atoms in total. The van der Waals surface area contributed by atoms with E-state index in [1.54, 1.807) is 18.2 Å². The number of para-hydroxylation sites is 12. The van der Waals surface area contributed by atoms with Crippen LogP contribution in [0.4, 0.5) is 22.0 Å². The predicted octanol–water partition coefficient (Wildman–Crippen LogP) is 30.8. The van der Waals surface area contributed by atoms with Gasteiger partial charge in [-0.3, -0.25) is 0 Å². The highest BCUT2D eigenvalue weighted by Crippen LogP contribution is 2.47. The third kappa shape index (κ3) is 16.0. The summed E-state index contributed by atoms with van der Waals surface area (Å²) in [5.41, 5.74) is 34.6. The van der Waals surface area contributed by atoms with Crippen molar-refractivity contribution in [1.29, 1.82) is 0 Å². The molecule has 0 N–H and O–H groups in total. The molecule has 0 unspecified atom stereocenters. The number of pyridine rings is 4. The maximum Gasteiger partial charge on any atom is 0.295 e. The van der Waals surface area contributed by atoms with Crippen molar-refractivity contribution >= 4 is 132 Å².